The number of Topliss-reactive ketones (excluding diaryl/α,β-unsaturated/α-hetero) is 1. The van der Waals surface area contributed by atoms with E-state index in [0.717, 1.165) is 24.2 Å². The normalized spacial score (nSPS) is 31.4. The number of benzene rings is 2. The van der Waals surface area contributed by atoms with Gasteiger partial charge in [-0.3, -0.25) is 14.4 Å². The molecule has 1 heterocycles. The van der Waals surface area contributed by atoms with Crippen LogP contribution in [0.15, 0.2) is 48.5 Å². The van der Waals surface area contributed by atoms with Gasteiger partial charge < -0.3 is 19.7 Å². The van der Waals surface area contributed by atoms with Crippen LogP contribution in [0.5, 0.6) is 0 Å². The lowest BCUT2D eigenvalue weighted by molar-refractivity contribution is -0.311. The first kappa shape index (κ1) is 26.7. The van der Waals surface area contributed by atoms with Gasteiger partial charge in [0.1, 0.15) is 11.9 Å². The third-order valence-electron chi connectivity index (χ3n) is 9.81. The van der Waals surface area contributed by atoms with Crippen molar-refractivity contribution in [1.82, 2.24) is 4.90 Å². The minimum Gasteiger partial charge on any atom is -0.548 e. The Kier molecular flexibility index (Phi) is 6.75. The standard InChI is InChI=1S/C32H35FN2O5/c1-19(36)35-27(31(39)40)13-29(37)24-7-3-5-9-26(24)34(18-23-6-2-4-8-25(23)33)30(38)28(35)17-32-14-20-10-21(15-32)12-22(11-20)16-32/h2-9,20-22,27-28H,10-18H2,1H3,(H,39,40)/p-1/t20?,21?,22?,27-,28+,32?/m1/s1. The number of nitrogens with zero attached hydrogens (tertiary/aromatic N) is 2. The molecule has 0 radical (unpaired) electrons. The SMILES string of the molecule is CC(=O)N1[C@@H](C(=O)[O-])CC(=O)c2ccccc2N(Cc2ccccc2F)C(=O)[C@@H]1CC12CC3CC(CC(C3)C1)C2. The molecule has 7 nitrogen and oxygen atoms in total. The number of amides is 2. The van der Waals surface area contributed by atoms with Gasteiger partial charge in [-0.15, -0.1) is 0 Å². The Morgan fingerprint density at radius 3 is 2.15 bits per heavy atom. The van der Waals surface area contributed by atoms with Gasteiger partial charge in [0.15, 0.2) is 5.78 Å². The van der Waals surface area contributed by atoms with E-state index in [4.69, 9.17) is 0 Å². The lowest BCUT2D eigenvalue weighted by Crippen LogP contribution is -2.61. The summed E-state index contributed by atoms with van der Waals surface area (Å²) in [6.45, 7) is 1.08. The number of anilines is 1. The molecule has 8 heteroatoms. The summed E-state index contributed by atoms with van der Waals surface area (Å²) in [5.41, 5.74) is 0.536. The van der Waals surface area contributed by atoms with Crippen LogP contribution in [0.25, 0.3) is 0 Å². The van der Waals surface area contributed by atoms with Crippen molar-refractivity contribution in [3.63, 3.8) is 0 Å². The molecular formula is C32H34FN2O5-. The largest absolute Gasteiger partial charge is 0.548 e. The first-order valence-corrected chi connectivity index (χ1v) is 14.3. The monoisotopic (exact) mass is 545 g/mol. The lowest BCUT2D eigenvalue weighted by Gasteiger charge is -2.58. The predicted octanol–water partition coefficient (Wildman–Crippen LogP) is 3.89. The topological polar surface area (TPSA) is 97.8 Å². The average Bonchev–Trinajstić information content (AvgIpc) is 2.93. The molecule has 0 aromatic heterocycles. The summed E-state index contributed by atoms with van der Waals surface area (Å²) in [5, 5.41) is 12.5. The van der Waals surface area contributed by atoms with E-state index in [1.807, 2.05) is 0 Å². The van der Waals surface area contributed by atoms with Crippen molar-refractivity contribution >= 4 is 29.3 Å². The number of para-hydroxylation sites is 1. The zero-order valence-electron chi connectivity index (χ0n) is 22.7. The Balaban J connectivity index is 1.49. The molecule has 0 spiro atoms. The highest BCUT2D eigenvalue weighted by atomic mass is 19.1. The molecule has 2 atom stereocenters. The quantitative estimate of drug-likeness (QED) is 0.568. The van der Waals surface area contributed by atoms with E-state index in [9.17, 15) is 28.7 Å². The first-order valence-electron chi connectivity index (χ1n) is 14.3. The molecule has 0 saturated heterocycles. The summed E-state index contributed by atoms with van der Waals surface area (Å²) in [7, 11) is 0. The Hall–Kier alpha value is -3.55. The lowest BCUT2D eigenvalue weighted by atomic mass is 9.48. The van der Waals surface area contributed by atoms with Gasteiger partial charge in [-0.1, -0.05) is 30.3 Å². The molecule has 40 heavy (non-hydrogen) atoms. The van der Waals surface area contributed by atoms with Gasteiger partial charge in [-0.25, -0.2) is 4.39 Å². The minimum atomic E-state index is -1.59. The number of ketones is 1. The van der Waals surface area contributed by atoms with Crippen molar-refractivity contribution in [1.29, 1.82) is 0 Å². The summed E-state index contributed by atoms with van der Waals surface area (Å²) in [4.78, 5) is 56.5. The van der Waals surface area contributed by atoms with Gasteiger partial charge >= 0.3 is 0 Å². The molecule has 2 aromatic rings. The summed E-state index contributed by atoms with van der Waals surface area (Å²) in [6.07, 6.45) is 6.25. The van der Waals surface area contributed by atoms with Crippen LogP contribution in [0.4, 0.5) is 10.1 Å². The summed E-state index contributed by atoms with van der Waals surface area (Å²) in [5.74, 6) is -1.92. The van der Waals surface area contributed by atoms with Crippen LogP contribution in [0.3, 0.4) is 0 Å². The number of carboxylic acids is 1. The smallest absolute Gasteiger partial charge is 0.250 e. The van der Waals surface area contributed by atoms with E-state index in [2.05, 4.69) is 0 Å². The van der Waals surface area contributed by atoms with Crippen molar-refractivity contribution in [2.24, 2.45) is 23.2 Å². The summed E-state index contributed by atoms with van der Waals surface area (Å²) < 4.78 is 14.9. The third kappa shape index (κ3) is 4.71. The van der Waals surface area contributed by atoms with Gasteiger partial charge in [-0.2, -0.15) is 0 Å². The molecule has 210 valence electrons. The maximum absolute atomic E-state index is 14.9. The second-order valence-corrected chi connectivity index (χ2v) is 12.6. The Bertz CT molecular complexity index is 1340. The zero-order chi connectivity index (χ0) is 28.2. The molecule has 2 aromatic carbocycles. The highest BCUT2D eigenvalue weighted by Crippen LogP contribution is 2.62. The van der Waals surface area contributed by atoms with Crippen LogP contribution in [-0.2, 0) is 20.9 Å². The van der Waals surface area contributed by atoms with Crippen molar-refractivity contribution in [3.05, 3.63) is 65.5 Å². The zero-order valence-corrected chi connectivity index (χ0v) is 22.7. The minimum absolute atomic E-state index is 0.158. The third-order valence-corrected chi connectivity index (χ3v) is 9.81. The average molecular weight is 546 g/mol. The number of rotatable bonds is 5. The Labute approximate surface area is 233 Å². The summed E-state index contributed by atoms with van der Waals surface area (Å²) in [6, 6.07) is 9.94. The van der Waals surface area contributed by atoms with Gasteiger partial charge in [0, 0.05) is 24.5 Å². The van der Waals surface area contributed by atoms with Crippen LogP contribution >= 0.6 is 0 Å². The number of hydrogen-bond acceptors (Lipinski definition) is 5. The number of carboxylic acid groups (broad SMARTS) is 1. The molecular weight excluding hydrogens is 511 g/mol. The number of carbonyl (C=O) groups excluding carboxylic acids is 4. The van der Waals surface area contributed by atoms with Crippen molar-refractivity contribution < 1.29 is 28.7 Å². The maximum Gasteiger partial charge on any atom is 0.250 e. The van der Waals surface area contributed by atoms with Crippen LogP contribution in [0.2, 0.25) is 0 Å². The number of halogens is 1. The van der Waals surface area contributed by atoms with Gasteiger partial charge in [0.25, 0.3) is 0 Å². The molecule has 4 bridgehead atoms. The van der Waals surface area contributed by atoms with Crippen molar-refractivity contribution in [2.75, 3.05) is 4.90 Å². The summed E-state index contributed by atoms with van der Waals surface area (Å²) >= 11 is 0. The number of aliphatic carboxylic acids is 1. The van der Waals surface area contributed by atoms with Crippen LogP contribution < -0.4 is 10.0 Å². The fourth-order valence-electron chi connectivity index (χ4n) is 8.70. The number of carbonyl (C=O) groups is 4. The molecule has 1 aliphatic heterocycles. The van der Waals surface area contributed by atoms with Crippen LogP contribution in [0, 0.1) is 29.0 Å². The number of fused-ring (bicyclic) bond motifs is 1. The number of hydrogen-bond donors (Lipinski definition) is 0. The first-order chi connectivity index (χ1) is 19.1. The molecule has 0 N–H and O–H groups in total. The Morgan fingerprint density at radius 1 is 0.950 bits per heavy atom. The van der Waals surface area contributed by atoms with Gasteiger partial charge in [0.05, 0.1) is 24.2 Å². The highest BCUT2D eigenvalue weighted by Gasteiger charge is 2.54. The molecule has 5 aliphatic rings. The predicted molar refractivity (Wildman–Crippen MR) is 143 cm³/mol. The van der Waals surface area contributed by atoms with Gasteiger partial charge in [0.2, 0.25) is 11.8 Å². The van der Waals surface area contributed by atoms with Crippen LogP contribution in [0.1, 0.15) is 74.2 Å². The molecule has 0 unspecified atom stereocenters. The molecule has 4 fully saturated rings. The molecule has 4 aliphatic carbocycles. The van der Waals surface area contributed by atoms with Gasteiger partial charge in [-0.05, 0) is 86.3 Å². The maximum atomic E-state index is 14.9. The van der Waals surface area contributed by atoms with Crippen molar-refractivity contribution in [2.45, 2.75) is 76.9 Å². The fraction of sp³-hybridized carbons (Fsp3) is 0.500. The fourth-order valence-corrected chi connectivity index (χ4v) is 8.70. The van der Waals surface area contributed by atoms with E-state index < -0.39 is 47.9 Å². The molecule has 2 amide bonds. The Morgan fingerprint density at radius 2 is 1.55 bits per heavy atom. The van der Waals surface area contributed by atoms with E-state index >= 15 is 0 Å². The molecule has 4 saturated carbocycles. The second-order valence-electron chi connectivity index (χ2n) is 12.6. The van der Waals surface area contributed by atoms with E-state index in [-0.39, 0.29) is 23.1 Å². The van der Waals surface area contributed by atoms with Crippen molar-refractivity contribution in [3.8, 4) is 0 Å². The van der Waals surface area contributed by atoms with E-state index in [1.54, 1.807) is 42.5 Å². The molecule has 7 rings (SSSR count). The second kappa shape index (κ2) is 10.1. The van der Waals surface area contributed by atoms with E-state index in [1.165, 1.54) is 37.2 Å². The van der Waals surface area contributed by atoms with Crippen LogP contribution in [-0.4, -0.2) is 40.6 Å². The van der Waals surface area contributed by atoms with E-state index in [0.29, 0.717) is 29.9 Å². The highest BCUT2D eigenvalue weighted by molar-refractivity contribution is 6.09.